The highest BCUT2D eigenvalue weighted by Gasteiger charge is 2.07. The van der Waals surface area contributed by atoms with Crippen LogP contribution >= 0.6 is 11.3 Å². The molecule has 0 amide bonds. The highest BCUT2D eigenvalue weighted by Crippen LogP contribution is 2.15. The van der Waals surface area contributed by atoms with E-state index in [2.05, 4.69) is 28.4 Å². The van der Waals surface area contributed by atoms with Gasteiger partial charge in [-0.1, -0.05) is 23.5 Å². The van der Waals surface area contributed by atoms with Gasteiger partial charge in [-0.05, 0) is 24.3 Å². The minimum absolute atomic E-state index is 0.383. The van der Waals surface area contributed by atoms with Crippen molar-refractivity contribution < 1.29 is 4.42 Å². The summed E-state index contributed by atoms with van der Waals surface area (Å²) in [4.78, 5) is 0.808. The lowest BCUT2D eigenvalue weighted by molar-refractivity contribution is 0.555. The third-order valence-electron chi connectivity index (χ3n) is 3.25. The van der Waals surface area contributed by atoms with Gasteiger partial charge in [-0.3, -0.25) is 0 Å². The molecule has 0 atom stereocenters. The van der Waals surface area contributed by atoms with Crippen LogP contribution in [0.15, 0.2) is 57.3 Å². The van der Waals surface area contributed by atoms with Gasteiger partial charge in [0.05, 0.1) is 22.5 Å². The number of aryl methyl sites for hydroxylation is 1. The van der Waals surface area contributed by atoms with Gasteiger partial charge in [0.2, 0.25) is 4.80 Å². The van der Waals surface area contributed by atoms with Crippen molar-refractivity contribution in [2.24, 2.45) is 17.3 Å². The van der Waals surface area contributed by atoms with Gasteiger partial charge >= 0.3 is 0 Å². The summed E-state index contributed by atoms with van der Waals surface area (Å²) in [6.07, 6.45) is 2.49. The average Bonchev–Trinajstić information content (AvgIpc) is 3.17. The molecule has 0 N–H and O–H groups in total. The molecule has 0 fully saturated rings. The topological polar surface area (TPSA) is 66.6 Å². The fourth-order valence-electron chi connectivity index (χ4n) is 2.12. The Morgan fingerprint density at radius 3 is 2.91 bits per heavy atom. The SMILES string of the molecule is Cn1c(=NN=C(CCC#N)c2ccco2)sc2ccccc21. The zero-order valence-electron chi connectivity index (χ0n) is 12.1. The summed E-state index contributed by atoms with van der Waals surface area (Å²) in [5, 5.41) is 17.4. The third-order valence-corrected chi connectivity index (χ3v) is 4.35. The maximum atomic E-state index is 8.77. The summed E-state index contributed by atoms with van der Waals surface area (Å²) in [6, 6.07) is 13.9. The highest BCUT2D eigenvalue weighted by molar-refractivity contribution is 7.16. The van der Waals surface area contributed by atoms with E-state index < -0.39 is 0 Å². The molecule has 22 heavy (non-hydrogen) atoms. The van der Waals surface area contributed by atoms with E-state index in [0.29, 0.717) is 24.3 Å². The predicted molar refractivity (Wildman–Crippen MR) is 86.5 cm³/mol. The van der Waals surface area contributed by atoms with Crippen molar-refractivity contribution in [1.29, 1.82) is 5.26 Å². The minimum atomic E-state index is 0.383. The Hall–Kier alpha value is -2.65. The normalized spacial score (nSPS) is 12.7. The number of fused-ring (bicyclic) bond motifs is 1. The van der Waals surface area contributed by atoms with Crippen molar-refractivity contribution in [3.63, 3.8) is 0 Å². The van der Waals surface area contributed by atoms with E-state index in [1.807, 2.05) is 29.8 Å². The maximum Gasteiger partial charge on any atom is 0.211 e. The van der Waals surface area contributed by atoms with Crippen LogP contribution in [0.4, 0.5) is 0 Å². The van der Waals surface area contributed by atoms with Crippen molar-refractivity contribution in [2.45, 2.75) is 12.8 Å². The summed E-state index contributed by atoms with van der Waals surface area (Å²) in [6.45, 7) is 0. The molecule has 3 rings (SSSR count). The Labute approximate surface area is 131 Å². The minimum Gasteiger partial charge on any atom is -0.463 e. The molecule has 3 aromatic rings. The molecule has 0 aliphatic carbocycles. The molecule has 0 radical (unpaired) electrons. The van der Waals surface area contributed by atoms with Crippen LogP contribution in [0, 0.1) is 11.3 Å². The van der Waals surface area contributed by atoms with Crippen LogP contribution in [0.25, 0.3) is 10.2 Å². The van der Waals surface area contributed by atoms with Gasteiger partial charge < -0.3 is 8.98 Å². The molecule has 0 saturated carbocycles. The average molecular weight is 310 g/mol. The second kappa shape index (κ2) is 6.41. The van der Waals surface area contributed by atoms with Crippen LogP contribution in [-0.2, 0) is 7.05 Å². The monoisotopic (exact) mass is 310 g/mol. The van der Waals surface area contributed by atoms with Crippen LogP contribution in [0.3, 0.4) is 0 Å². The standard InChI is InChI=1S/C16H14N4OS/c1-20-13-7-2-3-9-15(13)22-16(20)19-18-12(6-4-10-17)14-8-5-11-21-14/h2-3,5,7-9,11H,4,6H2,1H3. The van der Waals surface area contributed by atoms with Crippen molar-refractivity contribution in [1.82, 2.24) is 4.57 Å². The quantitative estimate of drug-likeness (QED) is 0.547. The molecule has 0 spiro atoms. The highest BCUT2D eigenvalue weighted by atomic mass is 32.1. The van der Waals surface area contributed by atoms with Gasteiger partial charge in [-0.15, -0.1) is 10.2 Å². The zero-order valence-corrected chi connectivity index (χ0v) is 12.9. The molecule has 0 bridgehead atoms. The first-order valence-corrected chi connectivity index (χ1v) is 7.67. The van der Waals surface area contributed by atoms with Crippen molar-refractivity contribution in [3.8, 4) is 6.07 Å². The lowest BCUT2D eigenvalue weighted by Gasteiger charge is -1.97. The maximum absolute atomic E-state index is 8.77. The molecule has 1 aromatic carbocycles. The van der Waals surface area contributed by atoms with Gasteiger partial charge in [0.15, 0.2) is 0 Å². The van der Waals surface area contributed by atoms with Gasteiger partial charge in [0.25, 0.3) is 0 Å². The lowest BCUT2D eigenvalue weighted by Crippen LogP contribution is -2.10. The number of thiazole rings is 1. The Balaban J connectivity index is 2.04. The van der Waals surface area contributed by atoms with Crippen LogP contribution < -0.4 is 4.80 Å². The first-order chi connectivity index (χ1) is 10.8. The lowest BCUT2D eigenvalue weighted by atomic mass is 10.2. The summed E-state index contributed by atoms with van der Waals surface area (Å²) in [7, 11) is 1.97. The van der Waals surface area contributed by atoms with Crippen LogP contribution in [0.5, 0.6) is 0 Å². The van der Waals surface area contributed by atoms with E-state index in [4.69, 9.17) is 9.68 Å². The van der Waals surface area contributed by atoms with E-state index >= 15 is 0 Å². The number of benzene rings is 1. The number of nitriles is 1. The summed E-state index contributed by atoms with van der Waals surface area (Å²) in [5.74, 6) is 0.655. The number of rotatable bonds is 4. The molecular weight excluding hydrogens is 296 g/mol. The summed E-state index contributed by atoms with van der Waals surface area (Å²) in [5.41, 5.74) is 1.81. The summed E-state index contributed by atoms with van der Waals surface area (Å²) >= 11 is 1.58. The van der Waals surface area contributed by atoms with Gasteiger partial charge in [-0.2, -0.15) is 5.26 Å². The molecule has 2 heterocycles. The van der Waals surface area contributed by atoms with Crippen molar-refractivity contribution >= 4 is 27.3 Å². The van der Waals surface area contributed by atoms with Gasteiger partial charge in [-0.25, -0.2) is 0 Å². The molecule has 0 unspecified atom stereocenters. The van der Waals surface area contributed by atoms with E-state index in [0.717, 1.165) is 15.0 Å². The molecular formula is C16H14N4OS. The fraction of sp³-hybridized carbons (Fsp3) is 0.188. The third kappa shape index (κ3) is 2.85. The zero-order chi connectivity index (χ0) is 15.4. The molecule has 0 saturated heterocycles. The van der Waals surface area contributed by atoms with E-state index in [-0.39, 0.29) is 0 Å². The van der Waals surface area contributed by atoms with E-state index in [1.165, 1.54) is 0 Å². The molecule has 2 aromatic heterocycles. The first-order valence-electron chi connectivity index (χ1n) is 6.85. The Morgan fingerprint density at radius 2 is 2.18 bits per heavy atom. The predicted octanol–water partition coefficient (Wildman–Crippen LogP) is 3.44. The van der Waals surface area contributed by atoms with Gasteiger partial charge in [0, 0.05) is 19.9 Å². The fourth-order valence-corrected chi connectivity index (χ4v) is 3.09. The Bertz CT molecular complexity index is 910. The molecule has 110 valence electrons. The Morgan fingerprint density at radius 1 is 1.32 bits per heavy atom. The number of hydrogen-bond donors (Lipinski definition) is 0. The van der Waals surface area contributed by atoms with Gasteiger partial charge in [0.1, 0.15) is 11.5 Å². The summed E-state index contributed by atoms with van der Waals surface area (Å²) < 4.78 is 8.54. The van der Waals surface area contributed by atoms with Crippen LogP contribution in [0.2, 0.25) is 0 Å². The number of nitrogens with zero attached hydrogens (tertiary/aromatic N) is 4. The second-order valence-corrected chi connectivity index (χ2v) is 5.70. The number of furan rings is 1. The van der Waals surface area contributed by atoms with E-state index in [9.17, 15) is 0 Å². The first kappa shape index (κ1) is 14.3. The van der Waals surface area contributed by atoms with E-state index in [1.54, 1.807) is 23.7 Å². The Kier molecular flexibility index (Phi) is 4.17. The molecule has 0 aliphatic heterocycles. The van der Waals surface area contributed by atoms with Crippen molar-refractivity contribution in [2.75, 3.05) is 0 Å². The van der Waals surface area contributed by atoms with Crippen LogP contribution in [-0.4, -0.2) is 10.3 Å². The number of hydrogen-bond acceptors (Lipinski definition) is 5. The molecule has 5 nitrogen and oxygen atoms in total. The van der Waals surface area contributed by atoms with Crippen molar-refractivity contribution in [3.05, 3.63) is 53.2 Å². The second-order valence-electron chi connectivity index (χ2n) is 4.69. The molecule has 6 heteroatoms. The molecule has 0 aliphatic rings. The number of para-hydroxylation sites is 1. The smallest absolute Gasteiger partial charge is 0.211 e. The largest absolute Gasteiger partial charge is 0.463 e. The number of aromatic nitrogens is 1. The van der Waals surface area contributed by atoms with Crippen LogP contribution in [0.1, 0.15) is 18.6 Å².